The van der Waals surface area contributed by atoms with Crippen LogP contribution >= 0.6 is 27.3 Å². The molecule has 0 amide bonds. The van der Waals surface area contributed by atoms with Crippen molar-refractivity contribution in [1.82, 2.24) is 5.32 Å². The van der Waals surface area contributed by atoms with Gasteiger partial charge in [0.1, 0.15) is 0 Å². The number of fused-ring (bicyclic) bond motifs is 1. The van der Waals surface area contributed by atoms with Crippen LogP contribution in [-0.4, -0.2) is 6.04 Å². The molecule has 0 atom stereocenters. The average molecular weight is 298 g/mol. The monoisotopic (exact) mass is 297 g/mol. The predicted molar refractivity (Wildman–Crippen MR) is 76.2 cm³/mol. The molecule has 0 bridgehead atoms. The minimum Gasteiger partial charge on any atom is -0.310 e. The Kier molecular flexibility index (Phi) is 3.67. The highest BCUT2D eigenvalue weighted by molar-refractivity contribution is 9.10. The van der Waals surface area contributed by atoms with Gasteiger partial charge in [0.2, 0.25) is 0 Å². The molecule has 1 aromatic heterocycles. The summed E-state index contributed by atoms with van der Waals surface area (Å²) >= 11 is 5.42. The zero-order valence-electron chi connectivity index (χ0n) is 9.80. The third-order valence-corrected chi connectivity index (χ3v) is 4.43. The van der Waals surface area contributed by atoms with E-state index in [1.807, 2.05) is 11.3 Å². The maximum Gasteiger partial charge on any atom is 0.0349 e. The zero-order chi connectivity index (χ0) is 11.7. The Bertz CT molecular complexity index is 502. The molecule has 2 rings (SSSR count). The molecule has 0 radical (unpaired) electrons. The number of nitrogens with one attached hydrogen (secondary N) is 1. The lowest BCUT2D eigenvalue weighted by Crippen LogP contribution is -2.21. The summed E-state index contributed by atoms with van der Waals surface area (Å²) in [4.78, 5) is 1.45. The molecule has 1 heterocycles. The highest BCUT2D eigenvalue weighted by Crippen LogP contribution is 2.32. The first kappa shape index (κ1) is 12.1. The Morgan fingerprint density at radius 2 is 2.12 bits per heavy atom. The van der Waals surface area contributed by atoms with Crippen LogP contribution in [0.2, 0.25) is 0 Å². The van der Waals surface area contributed by atoms with Gasteiger partial charge in [-0.15, -0.1) is 11.3 Å². The summed E-state index contributed by atoms with van der Waals surface area (Å²) in [5.41, 5.74) is 1.41. The number of hydrogen-bond donors (Lipinski definition) is 1. The normalized spacial score (nSPS) is 11.6. The van der Waals surface area contributed by atoms with E-state index in [2.05, 4.69) is 60.2 Å². The second-order valence-corrected chi connectivity index (χ2v) is 6.38. The summed E-state index contributed by atoms with van der Waals surface area (Å²) in [7, 11) is 0. The third-order valence-electron chi connectivity index (χ3n) is 2.67. The second kappa shape index (κ2) is 4.86. The molecule has 0 unspecified atom stereocenters. The van der Waals surface area contributed by atoms with Gasteiger partial charge in [-0.3, -0.25) is 0 Å². The van der Waals surface area contributed by atoms with Crippen LogP contribution in [0.25, 0.3) is 10.1 Å². The molecule has 0 aliphatic heterocycles. The maximum absolute atomic E-state index is 3.53. The van der Waals surface area contributed by atoms with Crippen LogP contribution in [0.4, 0.5) is 0 Å². The van der Waals surface area contributed by atoms with E-state index in [1.165, 1.54) is 20.5 Å². The van der Waals surface area contributed by atoms with E-state index in [1.54, 1.807) is 0 Å². The van der Waals surface area contributed by atoms with Crippen LogP contribution < -0.4 is 5.32 Å². The zero-order valence-corrected chi connectivity index (χ0v) is 12.2. The van der Waals surface area contributed by atoms with Crippen LogP contribution in [0.5, 0.6) is 0 Å². The van der Waals surface area contributed by atoms with Gasteiger partial charge < -0.3 is 5.32 Å². The lowest BCUT2D eigenvalue weighted by Gasteiger charge is -2.06. The highest BCUT2D eigenvalue weighted by Gasteiger charge is 2.08. The largest absolute Gasteiger partial charge is 0.310 e. The molecule has 0 saturated heterocycles. The van der Waals surface area contributed by atoms with Crippen molar-refractivity contribution in [2.75, 3.05) is 0 Å². The number of rotatable bonds is 3. The lowest BCUT2D eigenvalue weighted by atomic mass is 10.1. The Labute approximate surface area is 109 Å². The van der Waals surface area contributed by atoms with Gasteiger partial charge >= 0.3 is 0 Å². The minimum absolute atomic E-state index is 0.538. The average Bonchev–Trinajstić information content (AvgIpc) is 2.53. The number of halogens is 1. The fraction of sp³-hybridized carbons (Fsp3) is 0.385. The van der Waals surface area contributed by atoms with E-state index in [4.69, 9.17) is 0 Å². The van der Waals surface area contributed by atoms with Gasteiger partial charge in [0.05, 0.1) is 0 Å². The summed E-state index contributed by atoms with van der Waals surface area (Å²) in [5, 5.41) is 4.85. The van der Waals surface area contributed by atoms with Crippen LogP contribution in [-0.2, 0) is 6.54 Å². The lowest BCUT2D eigenvalue weighted by molar-refractivity contribution is 0.592. The molecule has 0 spiro atoms. The van der Waals surface area contributed by atoms with Crippen molar-refractivity contribution in [3.8, 4) is 0 Å². The van der Waals surface area contributed by atoms with E-state index >= 15 is 0 Å². The van der Waals surface area contributed by atoms with Gasteiger partial charge in [0, 0.05) is 26.6 Å². The Balaban J connectivity index is 2.36. The summed E-state index contributed by atoms with van der Waals surface area (Å²) in [5.74, 6) is 0. The molecule has 86 valence electrons. The molecular weight excluding hydrogens is 282 g/mol. The summed E-state index contributed by atoms with van der Waals surface area (Å²) in [6.45, 7) is 7.54. The molecule has 1 aromatic carbocycles. The molecule has 0 aliphatic carbocycles. The topological polar surface area (TPSA) is 12.0 Å². The van der Waals surface area contributed by atoms with Crippen LogP contribution in [0.15, 0.2) is 22.7 Å². The first-order valence-corrected chi connectivity index (χ1v) is 7.10. The Hall–Kier alpha value is -0.380. The van der Waals surface area contributed by atoms with Gasteiger partial charge in [-0.05, 0) is 36.1 Å². The van der Waals surface area contributed by atoms with Crippen molar-refractivity contribution in [2.45, 2.75) is 33.4 Å². The molecular formula is C13H16BrNS. The van der Waals surface area contributed by atoms with Gasteiger partial charge in [0.25, 0.3) is 0 Å². The smallest absolute Gasteiger partial charge is 0.0349 e. The van der Waals surface area contributed by atoms with E-state index in [-0.39, 0.29) is 0 Å². The SMILES string of the molecule is Cc1c(CNC(C)C)sc2ccc(Br)cc12. The van der Waals surface area contributed by atoms with E-state index in [0.29, 0.717) is 6.04 Å². The molecule has 16 heavy (non-hydrogen) atoms. The molecule has 2 aromatic rings. The predicted octanol–water partition coefficient (Wildman–Crippen LogP) is 4.47. The summed E-state index contributed by atoms with van der Waals surface area (Å²) in [6, 6.07) is 7.05. The quantitative estimate of drug-likeness (QED) is 0.881. The summed E-state index contributed by atoms with van der Waals surface area (Å²) < 4.78 is 2.53. The number of benzene rings is 1. The second-order valence-electron chi connectivity index (χ2n) is 4.33. The van der Waals surface area contributed by atoms with Crippen LogP contribution in [0, 0.1) is 6.92 Å². The van der Waals surface area contributed by atoms with Crippen molar-refractivity contribution in [2.24, 2.45) is 0 Å². The molecule has 0 saturated carbocycles. The van der Waals surface area contributed by atoms with Gasteiger partial charge in [-0.25, -0.2) is 0 Å². The number of thiophene rings is 1. The first-order chi connectivity index (χ1) is 7.58. The third kappa shape index (κ3) is 2.47. The van der Waals surface area contributed by atoms with Crippen molar-refractivity contribution in [1.29, 1.82) is 0 Å². The van der Waals surface area contributed by atoms with E-state index < -0.39 is 0 Å². The standard InChI is InChI=1S/C13H16BrNS/c1-8(2)15-7-13-9(3)11-6-10(14)4-5-12(11)16-13/h4-6,8,15H,7H2,1-3H3. The van der Waals surface area contributed by atoms with Crippen LogP contribution in [0.1, 0.15) is 24.3 Å². The maximum atomic E-state index is 3.53. The number of aryl methyl sites for hydroxylation is 1. The summed E-state index contributed by atoms with van der Waals surface area (Å²) in [6.07, 6.45) is 0. The molecule has 1 nitrogen and oxygen atoms in total. The van der Waals surface area contributed by atoms with Crippen molar-refractivity contribution in [3.05, 3.63) is 33.1 Å². The fourth-order valence-corrected chi connectivity index (χ4v) is 3.21. The van der Waals surface area contributed by atoms with E-state index in [0.717, 1.165) is 11.0 Å². The van der Waals surface area contributed by atoms with Gasteiger partial charge in [-0.2, -0.15) is 0 Å². The Morgan fingerprint density at radius 3 is 2.81 bits per heavy atom. The van der Waals surface area contributed by atoms with Crippen molar-refractivity contribution >= 4 is 37.4 Å². The van der Waals surface area contributed by atoms with E-state index in [9.17, 15) is 0 Å². The highest BCUT2D eigenvalue weighted by atomic mass is 79.9. The molecule has 0 aliphatic rings. The first-order valence-electron chi connectivity index (χ1n) is 5.49. The van der Waals surface area contributed by atoms with Gasteiger partial charge in [0.15, 0.2) is 0 Å². The molecule has 3 heteroatoms. The Morgan fingerprint density at radius 1 is 1.38 bits per heavy atom. The van der Waals surface area contributed by atoms with Crippen LogP contribution in [0.3, 0.4) is 0 Å². The van der Waals surface area contributed by atoms with Crippen molar-refractivity contribution < 1.29 is 0 Å². The van der Waals surface area contributed by atoms with Crippen molar-refractivity contribution in [3.63, 3.8) is 0 Å². The van der Waals surface area contributed by atoms with Gasteiger partial charge in [-0.1, -0.05) is 29.8 Å². The fourth-order valence-electron chi connectivity index (χ4n) is 1.71. The molecule has 1 N–H and O–H groups in total. The number of hydrogen-bond acceptors (Lipinski definition) is 2. The molecule has 0 fully saturated rings. The minimum atomic E-state index is 0.538.